The summed E-state index contributed by atoms with van der Waals surface area (Å²) in [6.07, 6.45) is 6.03. The van der Waals surface area contributed by atoms with Gasteiger partial charge < -0.3 is 10.3 Å². The molecule has 1 aliphatic rings. The van der Waals surface area contributed by atoms with Gasteiger partial charge >= 0.3 is 0 Å². The third kappa shape index (κ3) is 2.57. The lowest BCUT2D eigenvalue weighted by Gasteiger charge is -2.24. The number of hydrazine groups is 1. The van der Waals surface area contributed by atoms with E-state index in [9.17, 15) is 4.79 Å². The number of pyridine rings is 1. The van der Waals surface area contributed by atoms with Crippen molar-refractivity contribution in [2.45, 2.75) is 31.7 Å². The molecule has 0 unspecified atom stereocenters. The molecule has 1 aromatic rings. The number of nitrogens with one attached hydrogen (secondary N) is 1. The molecule has 18 heavy (non-hydrogen) atoms. The summed E-state index contributed by atoms with van der Waals surface area (Å²) in [6, 6.07) is 1.93. The molecule has 1 aromatic heterocycles. The first-order chi connectivity index (χ1) is 8.63. The molecule has 5 nitrogen and oxygen atoms in total. The van der Waals surface area contributed by atoms with Crippen molar-refractivity contribution in [3.8, 4) is 0 Å². The Morgan fingerprint density at radius 2 is 2.22 bits per heavy atom. The number of anilines is 1. The van der Waals surface area contributed by atoms with Crippen molar-refractivity contribution in [2.75, 3.05) is 12.5 Å². The van der Waals surface area contributed by atoms with Crippen LogP contribution >= 0.6 is 11.6 Å². The topological polar surface area (TPSA) is 71.2 Å². The molecule has 0 radical (unpaired) electrons. The Kier molecular flexibility index (Phi) is 4.04. The van der Waals surface area contributed by atoms with E-state index in [0.29, 0.717) is 22.4 Å². The average Bonchev–Trinajstić information content (AvgIpc) is 2.90. The predicted octanol–water partition coefficient (Wildman–Crippen LogP) is 2.04. The van der Waals surface area contributed by atoms with Crippen molar-refractivity contribution in [3.05, 3.63) is 22.8 Å². The van der Waals surface area contributed by atoms with E-state index < -0.39 is 0 Å². The van der Waals surface area contributed by atoms with Gasteiger partial charge in [0.25, 0.3) is 5.91 Å². The van der Waals surface area contributed by atoms with Gasteiger partial charge in [-0.25, -0.2) is 10.8 Å². The first-order valence-corrected chi connectivity index (χ1v) is 6.40. The number of amides is 1. The van der Waals surface area contributed by atoms with Crippen LogP contribution in [0.5, 0.6) is 0 Å². The molecule has 1 saturated carbocycles. The lowest BCUT2D eigenvalue weighted by atomic mass is 10.2. The zero-order chi connectivity index (χ0) is 13.1. The van der Waals surface area contributed by atoms with Gasteiger partial charge in [0, 0.05) is 19.3 Å². The molecule has 0 aliphatic heterocycles. The molecule has 3 N–H and O–H groups in total. The molecule has 1 amide bonds. The zero-order valence-corrected chi connectivity index (χ0v) is 11.1. The van der Waals surface area contributed by atoms with E-state index in [4.69, 9.17) is 17.4 Å². The predicted molar refractivity (Wildman–Crippen MR) is 71.4 cm³/mol. The van der Waals surface area contributed by atoms with E-state index in [0.717, 1.165) is 12.8 Å². The van der Waals surface area contributed by atoms with Crippen LogP contribution in [-0.2, 0) is 0 Å². The first-order valence-electron chi connectivity index (χ1n) is 6.03. The molecule has 0 spiro atoms. The largest absolute Gasteiger partial charge is 0.339 e. The summed E-state index contributed by atoms with van der Waals surface area (Å²) in [7, 11) is 1.83. The lowest BCUT2D eigenvalue weighted by molar-refractivity contribution is 0.0735. The number of halogens is 1. The van der Waals surface area contributed by atoms with Crippen LogP contribution in [0.25, 0.3) is 0 Å². The number of nitrogens with zero attached hydrogens (tertiary/aromatic N) is 2. The maximum atomic E-state index is 12.3. The van der Waals surface area contributed by atoms with Gasteiger partial charge in [0.05, 0.1) is 10.6 Å². The summed E-state index contributed by atoms with van der Waals surface area (Å²) in [5, 5.41) is 0.350. The van der Waals surface area contributed by atoms with Crippen LogP contribution in [0.2, 0.25) is 5.02 Å². The van der Waals surface area contributed by atoms with Crippen LogP contribution < -0.4 is 11.3 Å². The highest BCUT2D eigenvalue weighted by atomic mass is 35.5. The molecule has 2 rings (SSSR count). The van der Waals surface area contributed by atoms with Crippen LogP contribution in [-0.4, -0.2) is 28.9 Å². The van der Waals surface area contributed by atoms with E-state index in [1.165, 1.54) is 19.0 Å². The summed E-state index contributed by atoms with van der Waals surface area (Å²) in [4.78, 5) is 18.1. The number of rotatable bonds is 3. The Bertz CT molecular complexity index is 446. The molecule has 1 heterocycles. The number of hydrogen-bond acceptors (Lipinski definition) is 4. The Labute approximate surface area is 111 Å². The Morgan fingerprint density at radius 3 is 2.78 bits per heavy atom. The molecule has 6 heteroatoms. The van der Waals surface area contributed by atoms with Gasteiger partial charge in [-0.1, -0.05) is 24.4 Å². The third-order valence-corrected chi connectivity index (χ3v) is 3.71. The fraction of sp³-hybridized carbons (Fsp3) is 0.500. The zero-order valence-electron chi connectivity index (χ0n) is 10.3. The fourth-order valence-corrected chi connectivity index (χ4v) is 2.54. The molecular weight excluding hydrogens is 252 g/mol. The minimum Gasteiger partial charge on any atom is -0.339 e. The van der Waals surface area contributed by atoms with Crippen molar-refractivity contribution < 1.29 is 4.79 Å². The van der Waals surface area contributed by atoms with Gasteiger partial charge in [-0.15, -0.1) is 0 Å². The molecule has 0 atom stereocenters. The van der Waals surface area contributed by atoms with Crippen molar-refractivity contribution in [1.82, 2.24) is 9.88 Å². The van der Waals surface area contributed by atoms with E-state index in [-0.39, 0.29) is 5.91 Å². The monoisotopic (exact) mass is 268 g/mol. The molecule has 1 fully saturated rings. The number of nitrogen functional groups attached to an aromatic ring is 1. The summed E-state index contributed by atoms with van der Waals surface area (Å²) < 4.78 is 0. The highest BCUT2D eigenvalue weighted by Crippen LogP contribution is 2.25. The summed E-state index contributed by atoms with van der Waals surface area (Å²) in [5.41, 5.74) is 2.87. The van der Waals surface area contributed by atoms with Gasteiger partial charge in [-0.3, -0.25) is 4.79 Å². The highest BCUT2D eigenvalue weighted by Gasteiger charge is 2.24. The maximum absolute atomic E-state index is 12.3. The first kappa shape index (κ1) is 13.1. The van der Waals surface area contributed by atoms with Gasteiger partial charge in [-0.05, 0) is 18.9 Å². The molecule has 0 bridgehead atoms. The average molecular weight is 269 g/mol. The second-order valence-corrected chi connectivity index (χ2v) is 4.96. The van der Waals surface area contributed by atoms with Crippen LogP contribution in [0.1, 0.15) is 36.0 Å². The number of nitrogens with two attached hydrogens (primary N) is 1. The number of carbonyl (C=O) groups is 1. The van der Waals surface area contributed by atoms with E-state index >= 15 is 0 Å². The SMILES string of the molecule is CN(C(=O)c1cnc(NN)c(Cl)c1)C1CCCC1. The van der Waals surface area contributed by atoms with Crippen LogP contribution in [0.3, 0.4) is 0 Å². The van der Waals surface area contributed by atoms with Gasteiger partial charge in [0.1, 0.15) is 0 Å². The minimum atomic E-state index is -0.0418. The summed E-state index contributed by atoms with van der Waals surface area (Å²) >= 11 is 5.96. The number of carbonyl (C=O) groups excluding carboxylic acids is 1. The van der Waals surface area contributed by atoms with Crippen LogP contribution in [0.4, 0.5) is 5.82 Å². The molecular formula is C12H17ClN4O. The third-order valence-electron chi connectivity index (χ3n) is 3.42. The molecule has 1 aliphatic carbocycles. The summed E-state index contributed by atoms with van der Waals surface area (Å²) in [5.74, 6) is 5.57. The quantitative estimate of drug-likeness (QED) is 0.650. The normalized spacial score (nSPS) is 15.7. The van der Waals surface area contributed by atoms with Crippen LogP contribution in [0, 0.1) is 0 Å². The van der Waals surface area contributed by atoms with E-state index in [1.807, 2.05) is 7.05 Å². The van der Waals surface area contributed by atoms with Crippen molar-refractivity contribution in [1.29, 1.82) is 0 Å². The van der Waals surface area contributed by atoms with Crippen molar-refractivity contribution in [3.63, 3.8) is 0 Å². The maximum Gasteiger partial charge on any atom is 0.255 e. The Hall–Kier alpha value is -1.33. The van der Waals surface area contributed by atoms with E-state index in [2.05, 4.69) is 10.4 Å². The molecule has 0 aromatic carbocycles. The standard InChI is InChI=1S/C12H17ClN4O/c1-17(9-4-2-3-5-9)12(18)8-6-10(13)11(16-14)15-7-8/h6-7,9H,2-5,14H2,1H3,(H,15,16). The number of aromatic nitrogens is 1. The van der Waals surface area contributed by atoms with Crippen molar-refractivity contribution >= 4 is 23.3 Å². The minimum absolute atomic E-state index is 0.0418. The fourth-order valence-electron chi connectivity index (χ4n) is 2.32. The van der Waals surface area contributed by atoms with Crippen LogP contribution in [0.15, 0.2) is 12.3 Å². The van der Waals surface area contributed by atoms with Gasteiger partial charge in [0.2, 0.25) is 0 Å². The second kappa shape index (κ2) is 5.54. The van der Waals surface area contributed by atoms with Crippen molar-refractivity contribution in [2.24, 2.45) is 5.84 Å². The molecule has 98 valence electrons. The second-order valence-electron chi connectivity index (χ2n) is 4.55. The Balaban J connectivity index is 2.15. The van der Waals surface area contributed by atoms with Gasteiger partial charge in [0.15, 0.2) is 5.82 Å². The number of hydrogen-bond donors (Lipinski definition) is 2. The lowest BCUT2D eigenvalue weighted by Crippen LogP contribution is -2.35. The highest BCUT2D eigenvalue weighted by molar-refractivity contribution is 6.33. The smallest absolute Gasteiger partial charge is 0.255 e. The summed E-state index contributed by atoms with van der Waals surface area (Å²) in [6.45, 7) is 0. The molecule has 0 saturated heterocycles. The van der Waals surface area contributed by atoms with Gasteiger partial charge in [-0.2, -0.15) is 0 Å². The van der Waals surface area contributed by atoms with E-state index in [1.54, 1.807) is 11.0 Å². The Morgan fingerprint density at radius 1 is 1.56 bits per heavy atom.